The lowest BCUT2D eigenvalue weighted by molar-refractivity contribution is -0.137. The van der Waals surface area contributed by atoms with Gasteiger partial charge in [0.2, 0.25) is 0 Å². The first kappa shape index (κ1) is 28.6. The number of aryl methyl sites for hydroxylation is 2. The summed E-state index contributed by atoms with van der Waals surface area (Å²) in [4.78, 5) is 27.1. The van der Waals surface area contributed by atoms with Crippen molar-refractivity contribution < 1.29 is 17.9 Å². The number of rotatable bonds is 7. The molecule has 0 unspecified atom stereocenters. The zero-order valence-electron chi connectivity index (χ0n) is 23.9. The van der Waals surface area contributed by atoms with Crippen LogP contribution in [0.2, 0.25) is 0 Å². The van der Waals surface area contributed by atoms with Crippen molar-refractivity contribution in [1.29, 1.82) is 0 Å². The van der Waals surface area contributed by atoms with Gasteiger partial charge in [0, 0.05) is 44.9 Å². The van der Waals surface area contributed by atoms with Gasteiger partial charge in [-0.15, -0.1) is 0 Å². The van der Waals surface area contributed by atoms with Crippen LogP contribution in [0.25, 0.3) is 11.2 Å². The van der Waals surface area contributed by atoms with Gasteiger partial charge in [0.15, 0.2) is 5.82 Å². The van der Waals surface area contributed by atoms with E-state index in [1.54, 1.807) is 23.7 Å². The summed E-state index contributed by atoms with van der Waals surface area (Å²) in [6, 6.07) is 5.69. The number of halogens is 3. The number of hydrogen-bond acceptors (Lipinski definition) is 6. The molecule has 0 aliphatic carbocycles. The number of benzene rings is 1. The Morgan fingerprint density at radius 1 is 1.12 bits per heavy atom. The molecule has 4 heterocycles. The Bertz CT molecular complexity index is 1390. The molecule has 0 amide bonds. The van der Waals surface area contributed by atoms with E-state index in [9.17, 15) is 18.0 Å². The molecule has 1 aromatic carbocycles. The monoisotopic (exact) mass is 560 g/mol. The van der Waals surface area contributed by atoms with Crippen LogP contribution in [0, 0.1) is 6.92 Å². The molecule has 0 N–H and O–H groups in total. The molecule has 2 saturated heterocycles. The van der Waals surface area contributed by atoms with Gasteiger partial charge in [-0.25, -0.2) is 9.78 Å². The van der Waals surface area contributed by atoms with Crippen molar-refractivity contribution in [3.8, 4) is 0 Å². The van der Waals surface area contributed by atoms with Crippen molar-refractivity contribution in [3.63, 3.8) is 0 Å². The van der Waals surface area contributed by atoms with Gasteiger partial charge in [0.1, 0.15) is 17.0 Å². The van der Waals surface area contributed by atoms with E-state index in [-0.39, 0.29) is 29.9 Å². The predicted octanol–water partition coefficient (Wildman–Crippen LogP) is 5.08. The van der Waals surface area contributed by atoms with Gasteiger partial charge >= 0.3 is 11.9 Å². The molecule has 0 radical (unpaired) electrons. The third-order valence-electron chi connectivity index (χ3n) is 8.60. The first-order valence-corrected chi connectivity index (χ1v) is 14.3. The highest BCUT2D eigenvalue weighted by atomic mass is 19.4. The molecule has 2 aliphatic heterocycles. The number of anilines is 1. The minimum absolute atomic E-state index is 0.0118. The lowest BCUT2D eigenvalue weighted by Gasteiger charge is -2.48. The average Bonchev–Trinajstić information content (AvgIpc) is 3.55. The van der Waals surface area contributed by atoms with E-state index in [4.69, 9.17) is 9.72 Å². The highest BCUT2D eigenvalue weighted by molar-refractivity contribution is 5.84. The van der Waals surface area contributed by atoms with Gasteiger partial charge in [0.05, 0.1) is 18.2 Å². The quantitative estimate of drug-likeness (QED) is 0.402. The van der Waals surface area contributed by atoms with E-state index in [0.717, 1.165) is 49.3 Å². The fourth-order valence-corrected chi connectivity index (χ4v) is 6.42. The fraction of sp³-hybridized carbons (Fsp3) is 0.621. The molecule has 0 bridgehead atoms. The summed E-state index contributed by atoms with van der Waals surface area (Å²) in [5.41, 5.74) is 1.39. The highest BCUT2D eigenvalue weighted by Crippen LogP contribution is 2.36. The molecule has 2 aromatic heterocycles. The van der Waals surface area contributed by atoms with Crippen molar-refractivity contribution in [2.24, 2.45) is 7.05 Å². The summed E-state index contributed by atoms with van der Waals surface area (Å²) in [7, 11) is 1.74. The van der Waals surface area contributed by atoms with Crippen molar-refractivity contribution in [3.05, 3.63) is 51.7 Å². The Morgan fingerprint density at radius 3 is 2.45 bits per heavy atom. The van der Waals surface area contributed by atoms with Gasteiger partial charge in [-0.05, 0) is 57.2 Å². The van der Waals surface area contributed by atoms with Gasteiger partial charge < -0.3 is 14.2 Å². The Balaban J connectivity index is 1.47. The van der Waals surface area contributed by atoms with Gasteiger partial charge in [-0.3, -0.25) is 9.47 Å². The van der Waals surface area contributed by atoms with Crippen LogP contribution in [0.5, 0.6) is 0 Å². The number of imidazole rings is 1. The van der Waals surface area contributed by atoms with E-state index >= 15 is 0 Å². The van der Waals surface area contributed by atoms with E-state index in [1.165, 1.54) is 12.1 Å². The van der Waals surface area contributed by atoms with Crippen LogP contribution < -0.4 is 10.6 Å². The number of hydrogen-bond donors (Lipinski definition) is 0. The molecular weight excluding hydrogens is 521 g/mol. The summed E-state index contributed by atoms with van der Waals surface area (Å²) < 4.78 is 49.0. The second-order valence-electron chi connectivity index (χ2n) is 11.2. The Hall–Kier alpha value is -2.92. The molecule has 4 atom stereocenters. The van der Waals surface area contributed by atoms with E-state index in [0.29, 0.717) is 31.0 Å². The molecule has 218 valence electrons. The third kappa shape index (κ3) is 5.25. The molecule has 2 aliphatic rings. The highest BCUT2D eigenvalue weighted by Gasteiger charge is 2.37. The first-order chi connectivity index (χ1) is 19.0. The van der Waals surface area contributed by atoms with Crippen LogP contribution in [0.1, 0.15) is 69.4 Å². The number of piperazine rings is 1. The van der Waals surface area contributed by atoms with Crippen LogP contribution in [0.15, 0.2) is 29.1 Å². The van der Waals surface area contributed by atoms with Crippen LogP contribution >= 0.6 is 0 Å². The summed E-state index contributed by atoms with van der Waals surface area (Å²) >= 11 is 0. The van der Waals surface area contributed by atoms with Crippen molar-refractivity contribution in [2.75, 3.05) is 24.6 Å². The molecule has 0 spiro atoms. The number of aromatic nitrogens is 4. The maximum Gasteiger partial charge on any atom is 0.416 e. The maximum atomic E-state index is 13.2. The Morgan fingerprint density at radius 2 is 1.85 bits per heavy atom. The summed E-state index contributed by atoms with van der Waals surface area (Å²) in [6.45, 7) is 11.0. The van der Waals surface area contributed by atoms with Crippen LogP contribution in [-0.4, -0.2) is 61.9 Å². The van der Waals surface area contributed by atoms with E-state index in [2.05, 4.69) is 40.1 Å². The van der Waals surface area contributed by atoms with Gasteiger partial charge in [-0.2, -0.15) is 18.2 Å². The smallest absolute Gasteiger partial charge is 0.376 e. The van der Waals surface area contributed by atoms with E-state index < -0.39 is 11.7 Å². The van der Waals surface area contributed by atoms with Crippen LogP contribution in [0.4, 0.5) is 19.0 Å². The lowest BCUT2D eigenvalue weighted by Crippen LogP contribution is -2.58. The predicted molar refractivity (Wildman–Crippen MR) is 149 cm³/mol. The van der Waals surface area contributed by atoms with Crippen molar-refractivity contribution in [1.82, 2.24) is 24.0 Å². The second kappa shape index (κ2) is 11.2. The summed E-state index contributed by atoms with van der Waals surface area (Å²) in [6.07, 6.45) is -0.609. The number of nitrogens with zero attached hydrogens (tertiary/aromatic N) is 6. The molecule has 0 saturated carbocycles. The lowest BCUT2D eigenvalue weighted by atomic mass is 9.95. The fourth-order valence-electron chi connectivity index (χ4n) is 6.42. The topological polar surface area (TPSA) is 68.4 Å². The molecular formula is C29H39F3N6O2. The number of ether oxygens (including phenoxy) is 1. The molecule has 8 nitrogen and oxygen atoms in total. The first-order valence-electron chi connectivity index (χ1n) is 14.3. The maximum absolute atomic E-state index is 13.2. The van der Waals surface area contributed by atoms with E-state index in [1.807, 2.05) is 6.92 Å². The number of fused-ring (bicyclic) bond motifs is 1. The van der Waals surface area contributed by atoms with Crippen molar-refractivity contribution >= 4 is 17.0 Å². The third-order valence-corrected chi connectivity index (χ3v) is 8.60. The molecule has 11 heteroatoms. The molecule has 2 fully saturated rings. The normalized spacial score (nSPS) is 23.3. The van der Waals surface area contributed by atoms with Crippen LogP contribution in [0.3, 0.4) is 0 Å². The molecule has 3 aromatic rings. The SMILES string of the molecule is CC[C@@H]1CN(c2nc(=O)n(C)c3c2nc(C)n3C[C@@H]2CCCO2)[C@@H](C)CN1[C@@H](CC)c1ccc(C(F)(F)F)cc1. The summed E-state index contributed by atoms with van der Waals surface area (Å²) in [5.74, 6) is 1.42. The minimum Gasteiger partial charge on any atom is -0.376 e. The molecule has 5 rings (SSSR count). The van der Waals surface area contributed by atoms with Gasteiger partial charge in [-0.1, -0.05) is 26.0 Å². The number of alkyl halides is 3. The van der Waals surface area contributed by atoms with Gasteiger partial charge in [0.25, 0.3) is 0 Å². The minimum atomic E-state index is -4.35. The standard InChI is InChI=1S/C29H39F3N6O2/c1-6-22-16-36(18(3)15-38(22)24(7-2)20-10-12-21(13-11-20)29(30,31)32)26-25-27(35(5)28(39)34-26)37(19(4)33-25)17-23-9-8-14-40-23/h10-13,18,22-24H,6-9,14-17H2,1-5H3/t18-,22+,23-,24-/m0/s1. The largest absolute Gasteiger partial charge is 0.416 e. The van der Waals surface area contributed by atoms with Crippen LogP contribution in [-0.2, 0) is 24.5 Å². The van der Waals surface area contributed by atoms with Crippen molar-refractivity contribution in [2.45, 2.75) is 90.3 Å². The second-order valence-corrected chi connectivity index (χ2v) is 11.2. The Labute approximate surface area is 232 Å². The zero-order valence-corrected chi connectivity index (χ0v) is 23.9. The average molecular weight is 561 g/mol. The zero-order chi connectivity index (χ0) is 28.8. The summed E-state index contributed by atoms with van der Waals surface area (Å²) in [5, 5.41) is 0. The Kier molecular flexibility index (Phi) is 7.98. The molecule has 40 heavy (non-hydrogen) atoms.